The predicted octanol–water partition coefficient (Wildman–Crippen LogP) is 6.02. The van der Waals surface area contributed by atoms with Crippen LogP contribution in [0.4, 0.5) is 10.8 Å². The molecule has 0 fully saturated rings. The highest BCUT2D eigenvalue weighted by Crippen LogP contribution is 2.34. The SMILES string of the molecule is Cc1csc(/C(C#N)=C/c2sc(Nc3ccccc3Cl)nc2Cl)n1. The number of thiazole rings is 2. The van der Waals surface area contributed by atoms with Crippen LogP contribution >= 0.6 is 45.9 Å². The quantitative estimate of drug-likeness (QED) is 0.551. The van der Waals surface area contributed by atoms with Crippen LogP contribution < -0.4 is 5.32 Å². The van der Waals surface area contributed by atoms with Crippen molar-refractivity contribution < 1.29 is 0 Å². The first kappa shape index (κ1) is 16.9. The van der Waals surface area contributed by atoms with Crippen molar-refractivity contribution in [2.75, 3.05) is 5.32 Å². The molecule has 1 N–H and O–H groups in total. The molecular weight excluding hydrogens is 383 g/mol. The number of nitriles is 1. The molecule has 0 saturated heterocycles. The van der Waals surface area contributed by atoms with E-state index in [-0.39, 0.29) is 0 Å². The molecule has 4 nitrogen and oxygen atoms in total. The zero-order chi connectivity index (χ0) is 17.1. The molecule has 1 aromatic carbocycles. The number of hydrogen-bond donors (Lipinski definition) is 1. The fourth-order valence-corrected chi connectivity index (χ4v) is 3.95. The Balaban J connectivity index is 1.90. The largest absolute Gasteiger partial charge is 0.330 e. The Morgan fingerprint density at radius 2 is 2.08 bits per heavy atom. The number of aryl methyl sites for hydroxylation is 1. The molecule has 0 spiro atoms. The van der Waals surface area contributed by atoms with Crippen molar-refractivity contribution in [3.63, 3.8) is 0 Å². The maximum atomic E-state index is 9.38. The van der Waals surface area contributed by atoms with E-state index < -0.39 is 0 Å². The minimum Gasteiger partial charge on any atom is -0.330 e. The van der Waals surface area contributed by atoms with E-state index in [1.165, 1.54) is 22.7 Å². The third-order valence-electron chi connectivity index (χ3n) is 2.97. The van der Waals surface area contributed by atoms with Crippen molar-refractivity contribution in [2.24, 2.45) is 0 Å². The first-order chi connectivity index (χ1) is 11.6. The lowest BCUT2D eigenvalue weighted by Gasteiger charge is -2.03. The van der Waals surface area contributed by atoms with Gasteiger partial charge >= 0.3 is 0 Å². The summed E-state index contributed by atoms with van der Waals surface area (Å²) in [6.07, 6.45) is 1.70. The number of allylic oxidation sites excluding steroid dienone is 1. The molecule has 0 aliphatic heterocycles. The van der Waals surface area contributed by atoms with Crippen LogP contribution in [0.2, 0.25) is 10.2 Å². The van der Waals surface area contributed by atoms with Crippen molar-refractivity contribution in [2.45, 2.75) is 6.92 Å². The Labute approximate surface area is 157 Å². The van der Waals surface area contributed by atoms with E-state index in [0.717, 1.165) is 11.4 Å². The third-order valence-corrected chi connectivity index (χ3v) is 5.61. The van der Waals surface area contributed by atoms with Gasteiger partial charge in [-0.2, -0.15) is 5.26 Å². The summed E-state index contributed by atoms with van der Waals surface area (Å²) < 4.78 is 0. The summed E-state index contributed by atoms with van der Waals surface area (Å²) in [4.78, 5) is 9.30. The highest BCUT2D eigenvalue weighted by molar-refractivity contribution is 7.17. The van der Waals surface area contributed by atoms with Crippen LogP contribution in [-0.4, -0.2) is 9.97 Å². The lowest BCUT2D eigenvalue weighted by Crippen LogP contribution is -1.89. The molecular formula is C16H10Cl2N4S2. The van der Waals surface area contributed by atoms with Crippen LogP contribution in [-0.2, 0) is 0 Å². The first-order valence-electron chi connectivity index (χ1n) is 6.79. The van der Waals surface area contributed by atoms with E-state index in [0.29, 0.717) is 30.8 Å². The molecule has 0 amide bonds. The van der Waals surface area contributed by atoms with Gasteiger partial charge in [0.2, 0.25) is 0 Å². The summed E-state index contributed by atoms with van der Waals surface area (Å²) in [6.45, 7) is 1.89. The second-order valence-electron chi connectivity index (χ2n) is 4.74. The van der Waals surface area contributed by atoms with E-state index in [1.54, 1.807) is 12.1 Å². The second kappa shape index (κ2) is 7.32. The summed E-state index contributed by atoms with van der Waals surface area (Å²) in [6, 6.07) is 9.54. The van der Waals surface area contributed by atoms with E-state index in [2.05, 4.69) is 21.4 Å². The van der Waals surface area contributed by atoms with Gasteiger partial charge in [0.1, 0.15) is 16.2 Å². The highest BCUT2D eigenvalue weighted by atomic mass is 35.5. The first-order valence-corrected chi connectivity index (χ1v) is 9.24. The Kier molecular flexibility index (Phi) is 5.17. The summed E-state index contributed by atoms with van der Waals surface area (Å²) >= 11 is 15.1. The molecule has 0 atom stereocenters. The van der Waals surface area contributed by atoms with Gasteiger partial charge in [-0.05, 0) is 25.1 Å². The van der Waals surface area contributed by atoms with E-state index in [1.807, 2.05) is 30.5 Å². The van der Waals surface area contributed by atoms with E-state index >= 15 is 0 Å². The van der Waals surface area contributed by atoms with Crippen LogP contribution in [0.25, 0.3) is 11.6 Å². The number of benzene rings is 1. The Hall–Kier alpha value is -1.91. The number of nitrogens with one attached hydrogen (secondary N) is 1. The zero-order valence-corrected chi connectivity index (χ0v) is 15.5. The normalized spacial score (nSPS) is 11.3. The Bertz CT molecular complexity index is 953. The lowest BCUT2D eigenvalue weighted by atomic mass is 10.2. The zero-order valence-electron chi connectivity index (χ0n) is 12.4. The van der Waals surface area contributed by atoms with Crippen LogP contribution in [0, 0.1) is 18.3 Å². The average molecular weight is 393 g/mol. The molecule has 120 valence electrons. The van der Waals surface area contributed by atoms with Gasteiger partial charge in [-0.15, -0.1) is 11.3 Å². The molecule has 2 aromatic heterocycles. The van der Waals surface area contributed by atoms with Crippen molar-refractivity contribution in [3.05, 3.63) is 55.4 Å². The van der Waals surface area contributed by atoms with Crippen molar-refractivity contribution in [1.29, 1.82) is 5.26 Å². The molecule has 24 heavy (non-hydrogen) atoms. The standard InChI is InChI=1S/C16H10Cl2N4S2/c1-9-8-23-15(20-9)10(7-19)6-13-14(18)22-16(24-13)21-12-5-3-2-4-11(12)17/h2-6,8H,1H3,(H,21,22)/b10-6+. The van der Waals surface area contributed by atoms with Crippen molar-refractivity contribution >= 4 is 68.3 Å². The monoisotopic (exact) mass is 392 g/mol. The molecule has 0 bridgehead atoms. The Morgan fingerprint density at radius 1 is 1.29 bits per heavy atom. The number of anilines is 2. The molecule has 0 unspecified atom stereocenters. The predicted molar refractivity (Wildman–Crippen MR) is 102 cm³/mol. The fraction of sp³-hybridized carbons (Fsp3) is 0.0625. The summed E-state index contributed by atoms with van der Waals surface area (Å²) in [5, 5.41) is 16.6. The van der Waals surface area contributed by atoms with Crippen molar-refractivity contribution in [1.82, 2.24) is 9.97 Å². The third kappa shape index (κ3) is 3.77. The number of hydrogen-bond acceptors (Lipinski definition) is 6. The molecule has 2 heterocycles. The van der Waals surface area contributed by atoms with E-state index in [9.17, 15) is 5.26 Å². The fourth-order valence-electron chi connectivity index (χ4n) is 1.88. The van der Waals surface area contributed by atoms with Gasteiger partial charge < -0.3 is 5.32 Å². The van der Waals surface area contributed by atoms with Gasteiger partial charge in [0.05, 0.1) is 21.2 Å². The lowest BCUT2D eigenvalue weighted by molar-refractivity contribution is 1.25. The maximum Gasteiger partial charge on any atom is 0.189 e. The van der Waals surface area contributed by atoms with Crippen molar-refractivity contribution in [3.8, 4) is 6.07 Å². The summed E-state index contributed by atoms with van der Waals surface area (Å²) in [5.74, 6) is 0. The van der Waals surface area contributed by atoms with Crippen LogP contribution in [0.1, 0.15) is 15.6 Å². The van der Waals surface area contributed by atoms with Gasteiger partial charge in [-0.3, -0.25) is 0 Å². The van der Waals surface area contributed by atoms with Gasteiger partial charge in [-0.1, -0.05) is 46.7 Å². The van der Waals surface area contributed by atoms with E-state index in [4.69, 9.17) is 23.2 Å². The van der Waals surface area contributed by atoms with Gasteiger partial charge in [-0.25, -0.2) is 9.97 Å². The number of aromatic nitrogens is 2. The van der Waals surface area contributed by atoms with Crippen LogP contribution in [0.3, 0.4) is 0 Å². The molecule has 8 heteroatoms. The minimum atomic E-state index is 0.329. The maximum absolute atomic E-state index is 9.38. The molecule has 0 saturated carbocycles. The molecule has 0 radical (unpaired) electrons. The average Bonchev–Trinajstić information content (AvgIpc) is 3.13. The second-order valence-corrected chi connectivity index (χ2v) is 7.40. The summed E-state index contributed by atoms with van der Waals surface area (Å²) in [7, 11) is 0. The number of rotatable bonds is 4. The highest BCUT2D eigenvalue weighted by Gasteiger charge is 2.12. The molecule has 0 aliphatic carbocycles. The molecule has 3 aromatic rings. The number of halogens is 2. The number of nitrogens with zero attached hydrogens (tertiary/aromatic N) is 3. The van der Waals surface area contributed by atoms with Gasteiger partial charge in [0.25, 0.3) is 0 Å². The smallest absolute Gasteiger partial charge is 0.189 e. The number of para-hydroxylation sites is 1. The van der Waals surface area contributed by atoms with Crippen LogP contribution in [0.5, 0.6) is 0 Å². The minimum absolute atomic E-state index is 0.329. The van der Waals surface area contributed by atoms with Gasteiger partial charge in [0.15, 0.2) is 5.13 Å². The summed E-state index contributed by atoms with van der Waals surface area (Å²) in [5.41, 5.74) is 2.09. The topological polar surface area (TPSA) is 61.6 Å². The Morgan fingerprint density at radius 3 is 2.75 bits per heavy atom. The van der Waals surface area contributed by atoms with Crippen LogP contribution in [0.15, 0.2) is 29.6 Å². The van der Waals surface area contributed by atoms with Gasteiger partial charge in [0, 0.05) is 11.1 Å². The molecule has 0 aliphatic rings. The molecule has 3 rings (SSSR count).